The highest BCUT2D eigenvalue weighted by Gasteiger charge is 2.14. The summed E-state index contributed by atoms with van der Waals surface area (Å²) < 4.78 is 0. The Balaban J connectivity index is 2.62. The quantitative estimate of drug-likeness (QED) is 0.373. The zero-order valence-corrected chi connectivity index (χ0v) is 7.32. The van der Waals surface area contributed by atoms with Crippen LogP contribution in [0, 0.1) is 0 Å². The van der Waals surface area contributed by atoms with E-state index in [-0.39, 0.29) is 5.96 Å². The van der Waals surface area contributed by atoms with Gasteiger partial charge >= 0.3 is 0 Å². The highest BCUT2D eigenvalue weighted by molar-refractivity contribution is 5.93. The molecule has 1 aliphatic heterocycles. The molecule has 0 saturated carbocycles. The van der Waals surface area contributed by atoms with Crippen molar-refractivity contribution in [3.8, 4) is 0 Å². The van der Waals surface area contributed by atoms with E-state index < -0.39 is 0 Å². The molecule has 1 rings (SSSR count). The van der Waals surface area contributed by atoms with Gasteiger partial charge in [0.2, 0.25) is 5.96 Å². The van der Waals surface area contributed by atoms with Gasteiger partial charge < -0.3 is 16.4 Å². The average Bonchev–Trinajstić information content (AvgIpc) is 2.51. The van der Waals surface area contributed by atoms with Crippen molar-refractivity contribution in [3.63, 3.8) is 0 Å². The molecule has 1 aliphatic rings. The molecule has 0 spiro atoms. The lowest BCUT2D eigenvalue weighted by Gasteiger charge is -2.15. The number of aliphatic imine (C=N–C) groups is 2. The SMILES string of the molecule is CN=C(N=C(N)N)N1CCCC1. The molecule has 0 atom stereocenters. The first-order valence-electron chi connectivity index (χ1n) is 4.05. The fraction of sp³-hybridized carbons (Fsp3) is 0.714. The van der Waals surface area contributed by atoms with Gasteiger partial charge in [0.1, 0.15) is 0 Å². The summed E-state index contributed by atoms with van der Waals surface area (Å²) >= 11 is 0. The van der Waals surface area contributed by atoms with Crippen molar-refractivity contribution in [2.24, 2.45) is 21.5 Å². The average molecular weight is 169 g/mol. The summed E-state index contributed by atoms with van der Waals surface area (Å²) in [6, 6.07) is 0. The van der Waals surface area contributed by atoms with Crippen molar-refractivity contribution in [1.29, 1.82) is 0 Å². The Labute approximate surface area is 72.2 Å². The van der Waals surface area contributed by atoms with E-state index in [1.54, 1.807) is 7.05 Å². The normalized spacial score (nSPS) is 18.1. The van der Waals surface area contributed by atoms with Gasteiger partial charge in [-0.15, -0.1) is 0 Å². The first kappa shape index (κ1) is 8.83. The van der Waals surface area contributed by atoms with Crippen LogP contribution in [0.25, 0.3) is 0 Å². The van der Waals surface area contributed by atoms with E-state index in [1.807, 2.05) is 0 Å². The first-order valence-corrected chi connectivity index (χ1v) is 4.05. The predicted molar refractivity (Wildman–Crippen MR) is 50.0 cm³/mol. The van der Waals surface area contributed by atoms with Gasteiger partial charge in [-0.25, -0.2) is 0 Å². The van der Waals surface area contributed by atoms with E-state index in [2.05, 4.69) is 14.9 Å². The van der Waals surface area contributed by atoms with Crippen molar-refractivity contribution < 1.29 is 0 Å². The van der Waals surface area contributed by atoms with Gasteiger partial charge in [0.25, 0.3) is 0 Å². The standard InChI is InChI=1S/C7H15N5/c1-10-7(11-6(8)9)12-4-2-3-5-12/h2-5H2,1H3,(H4,8,9,10,11). The number of likely N-dealkylation sites (tertiary alicyclic amines) is 1. The fourth-order valence-electron chi connectivity index (χ4n) is 1.29. The van der Waals surface area contributed by atoms with Crippen LogP contribution in [0.4, 0.5) is 0 Å². The number of guanidine groups is 2. The first-order chi connectivity index (χ1) is 5.74. The minimum absolute atomic E-state index is 0.0718. The molecule has 0 unspecified atom stereocenters. The van der Waals surface area contributed by atoms with Crippen molar-refractivity contribution in [2.75, 3.05) is 20.1 Å². The Kier molecular flexibility index (Phi) is 2.90. The zero-order valence-electron chi connectivity index (χ0n) is 7.32. The molecule has 0 bridgehead atoms. The monoisotopic (exact) mass is 169 g/mol. The Bertz CT molecular complexity index is 198. The number of hydrogen-bond acceptors (Lipinski definition) is 1. The lowest BCUT2D eigenvalue weighted by atomic mass is 10.4. The number of rotatable bonds is 0. The predicted octanol–water partition coefficient (Wildman–Crippen LogP) is -0.659. The molecule has 68 valence electrons. The second-order valence-electron chi connectivity index (χ2n) is 2.75. The van der Waals surface area contributed by atoms with Crippen LogP contribution in [0.3, 0.4) is 0 Å². The largest absolute Gasteiger partial charge is 0.370 e. The zero-order chi connectivity index (χ0) is 8.97. The van der Waals surface area contributed by atoms with Crippen LogP contribution >= 0.6 is 0 Å². The van der Waals surface area contributed by atoms with Crippen LogP contribution in [0.15, 0.2) is 9.98 Å². The lowest BCUT2D eigenvalue weighted by molar-refractivity contribution is 0.513. The van der Waals surface area contributed by atoms with Gasteiger partial charge in [0, 0.05) is 20.1 Å². The third kappa shape index (κ3) is 2.11. The van der Waals surface area contributed by atoms with Crippen LogP contribution in [0.5, 0.6) is 0 Å². The maximum atomic E-state index is 5.26. The third-order valence-electron chi connectivity index (χ3n) is 1.82. The van der Waals surface area contributed by atoms with Crippen LogP contribution in [0.2, 0.25) is 0 Å². The summed E-state index contributed by atoms with van der Waals surface area (Å²) in [6.07, 6.45) is 2.39. The minimum Gasteiger partial charge on any atom is -0.370 e. The molecule has 4 N–H and O–H groups in total. The Morgan fingerprint density at radius 1 is 1.25 bits per heavy atom. The molecular weight excluding hydrogens is 154 g/mol. The van der Waals surface area contributed by atoms with Crippen LogP contribution < -0.4 is 11.5 Å². The van der Waals surface area contributed by atoms with E-state index in [0.717, 1.165) is 13.1 Å². The fourth-order valence-corrected chi connectivity index (χ4v) is 1.29. The Morgan fingerprint density at radius 2 is 1.83 bits per heavy atom. The molecule has 0 aromatic carbocycles. The highest BCUT2D eigenvalue weighted by atomic mass is 15.3. The lowest BCUT2D eigenvalue weighted by Crippen LogP contribution is -2.31. The second kappa shape index (κ2) is 3.94. The van der Waals surface area contributed by atoms with Crippen molar-refractivity contribution in [3.05, 3.63) is 0 Å². The van der Waals surface area contributed by atoms with Gasteiger partial charge in [0.15, 0.2) is 5.96 Å². The third-order valence-corrected chi connectivity index (χ3v) is 1.82. The van der Waals surface area contributed by atoms with Crippen LogP contribution in [-0.4, -0.2) is 37.0 Å². The van der Waals surface area contributed by atoms with Crippen LogP contribution in [-0.2, 0) is 0 Å². The van der Waals surface area contributed by atoms with Crippen molar-refractivity contribution in [1.82, 2.24) is 4.90 Å². The Hall–Kier alpha value is -1.26. The molecule has 0 radical (unpaired) electrons. The maximum absolute atomic E-state index is 5.26. The molecule has 0 aromatic heterocycles. The number of nitrogens with zero attached hydrogens (tertiary/aromatic N) is 3. The molecule has 1 saturated heterocycles. The maximum Gasteiger partial charge on any atom is 0.223 e. The molecule has 1 heterocycles. The molecule has 0 aromatic rings. The molecule has 5 nitrogen and oxygen atoms in total. The van der Waals surface area contributed by atoms with Gasteiger partial charge in [-0.3, -0.25) is 4.99 Å². The summed E-state index contributed by atoms with van der Waals surface area (Å²) in [5, 5.41) is 0. The van der Waals surface area contributed by atoms with E-state index >= 15 is 0 Å². The molecule has 0 amide bonds. The molecule has 12 heavy (non-hydrogen) atoms. The van der Waals surface area contributed by atoms with Gasteiger partial charge in [-0.2, -0.15) is 4.99 Å². The van der Waals surface area contributed by atoms with Crippen molar-refractivity contribution in [2.45, 2.75) is 12.8 Å². The molecular formula is C7H15N5. The molecule has 1 fully saturated rings. The summed E-state index contributed by atoms with van der Waals surface area (Å²) in [4.78, 5) is 10.0. The topological polar surface area (TPSA) is 80.0 Å². The van der Waals surface area contributed by atoms with Gasteiger partial charge in [0.05, 0.1) is 0 Å². The minimum atomic E-state index is 0.0718. The van der Waals surface area contributed by atoms with Gasteiger partial charge in [-0.05, 0) is 12.8 Å². The van der Waals surface area contributed by atoms with E-state index in [4.69, 9.17) is 11.5 Å². The smallest absolute Gasteiger partial charge is 0.223 e. The van der Waals surface area contributed by atoms with E-state index in [0.29, 0.717) is 5.96 Å². The van der Waals surface area contributed by atoms with Crippen LogP contribution in [0.1, 0.15) is 12.8 Å². The molecule has 5 heteroatoms. The van der Waals surface area contributed by atoms with E-state index in [9.17, 15) is 0 Å². The summed E-state index contributed by atoms with van der Waals surface area (Å²) in [5.74, 6) is 0.718. The van der Waals surface area contributed by atoms with Gasteiger partial charge in [-0.1, -0.05) is 0 Å². The Morgan fingerprint density at radius 3 is 2.25 bits per heavy atom. The number of nitrogens with two attached hydrogens (primary N) is 2. The highest BCUT2D eigenvalue weighted by Crippen LogP contribution is 2.08. The van der Waals surface area contributed by atoms with E-state index in [1.165, 1.54) is 12.8 Å². The van der Waals surface area contributed by atoms with Crippen molar-refractivity contribution >= 4 is 11.9 Å². The molecule has 0 aliphatic carbocycles. The summed E-state index contributed by atoms with van der Waals surface area (Å²) in [7, 11) is 1.69. The second-order valence-corrected chi connectivity index (χ2v) is 2.75. The summed E-state index contributed by atoms with van der Waals surface area (Å²) in [5.41, 5.74) is 10.5. The number of hydrogen-bond donors (Lipinski definition) is 2. The summed E-state index contributed by atoms with van der Waals surface area (Å²) in [6.45, 7) is 2.01.